The molecule has 3 N–H and O–H groups in total. The Hall–Kier alpha value is -2.18. The van der Waals surface area contributed by atoms with Crippen molar-refractivity contribution in [1.29, 1.82) is 0 Å². The van der Waals surface area contributed by atoms with E-state index >= 15 is 0 Å². The summed E-state index contributed by atoms with van der Waals surface area (Å²) in [5.74, 6) is -0.463. The molecule has 0 atom stereocenters. The minimum Gasteiger partial charge on any atom is -0.480 e. The van der Waals surface area contributed by atoms with Gasteiger partial charge in [-0.05, 0) is 37.7 Å². The van der Waals surface area contributed by atoms with E-state index in [1.54, 1.807) is 12.3 Å². The van der Waals surface area contributed by atoms with Crippen molar-refractivity contribution < 1.29 is 14.7 Å². The first-order chi connectivity index (χ1) is 10.0. The van der Waals surface area contributed by atoms with Gasteiger partial charge in [0.1, 0.15) is 11.9 Å². The lowest BCUT2D eigenvalue weighted by Crippen LogP contribution is -2.58. The average Bonchev–Trinajstić information content (AvgIpc) is 2.48. The molecule has 1 saturated carbocycles. The van der Waals surface area contributed by atoms with Crippen LogP contribution in [0, 0.1) is 5.92 Å². The van der Waals surface area contributed by atoms with Gasteiger partial charge in [-0.1, -0.05) is 6.92 Å². The van der Waals surface area contributed by atoms with Crippen LogP contribution in [0.4, 0.5) is 4.79 Å². The molecule has 7 nitrogen and oxygen atoms in total. The second-order valence-electron chi connectivity index (χ2n) is 5.58. The van der Waals surface area contributed by atoms with Crippen molar-refractivity contribution in [2.75, 3.05) is 0 Å². The zero-order valence-electron chi connectivity index (χ0n) is 12.0. The number of rotatable bonds is 4. The molecular weight excluding hydrogens is 272 g/mol. The van der Waals surface area contributed by atoms with E-state index in [4.69, 9.17) is 0 Å². The van der Waals surface area contributed by atoms with Gasteiger partial charge in [0.15, 0.2) is 0 Å². The third-order valence-corrected chi connectivity index (χ3v) is 3.96. The number of hydrogen-bond acceptors (Lipinski definition) is 4. The molecule has 0 aliphatic heterocycles. The highest BCUT2D eigenvalue weighted by Crippen LogP contribution is 2.32. The number of aromatic nitrogens is 2. The number of urea groups is 1. The second-order valence-corrected chi connectivity index (χ2v) is 5.58. The number of carbonyl (C=O) groups is 2. The first kappa shape index (κ1) is 15.2. The Morgan fingerprint density at radius 2 is 2.14 bits per heavy atom. The van der Waals surface area contributed by atoms with E-state index in [0.29, 0.717) is 24.5 Å². The van der Waals surface area contributed by atoms with Crippen molar-refractivity contribution in [1.82, 2.24) is 20.6 Å². The van der Waals surface area contributed by atoms with Gasteiger partial charge >= 0.3 is 12.0 Å². The predicted octanol–water partition coefficient (Wildman–Crippen LogP) is 1.31. The van der Waals surface area contributed by atoms with Crippen LogP contribution in [0.3, 0.4) is 0 Å². The predicted molar refractivity (Wildman–Crippen MR) is 75.4 cm³/mol. The van der Waals surface area contributed by atoms with Gasteiger partial charge in [-0.15, -0.1) is 0 Å². The smallest absolute Gasteiger partial charge is 0.329 e. The summed E-state index contributed by atoms with van der Waals surface area (Å²) in [5.41, 5.74) is -0.482. The number of nitrogens with one attached hydrogen (secondary N) is 2. The normalized spacial score (nSPS) is 25.1. The lowest BCUT2D eigenvalue weighted by Gasteiger charge is -2.36. The summed E-state index contributed by atoms with van der Waals surface area (Å²) in [5, 5.41) is 14.7. The molecule has 0 radical (unpaired) electrons. The van der Waals surface area contributed by atoms with E-state index in [9.17, 15) is 14.7 Å². The number of amides is 2. The molecule has 1 aromatic heterocycles. The molecule has 21 heavy (non-hydrogen) atoms. The van der Waals surface area contributed by atoms with Crippen molar-refractivity contribution in [3.05, 3.63) is 24.3 Å². The van der Waals surface area contributed by atoms with Crippen molar-refractivity contribution >= 4 is 12.0 Å². The average molecular weight is 292 g/mol. The molecule has 1 aromatic rings. The van der Waals surface area contributed by atoms with Crippen LogP contribution in [-0.4, -0.2) is 32.6 Å². The third-order valence-electron chi connectivity index (χ3n) is 3.96. The number of carbonyl (C=O) groups excluding carboxylic acids is 1. The van der Waals surface area contributed by atoms with Crippen LogP contribution in [0.15, 0.2) is 18.6 Å². The number of hydrogen-bond donors (Lipinski definition) is 3. The first-order valence-electron chi connectivity index (χ1n) is 7.06. The van der Waals surface area contributed by atoms with E-state index in [1.807, 2.05) is 0 Å². The maximum atomic E-state index is 11.9. The number of aliphatic carboxylic acids is 1. The van der Waals surface area contributed by atoms with Crippen LogP contribution < -0.4 is 10.6 Å². The highest BCUT2D eigenvalue weighted by Gasteiger charge is 2.42. The van der Waals surface area contributed by atoms with Crippen molar-refractivity contribution in [3.8, 4) is 0 Å². The summed E-state index contributed by atoms with van der Waals surface area (Å²) in [4.78, 5) is 31.3. The Balaban J connectivity index is 1.91. The summed E-state index contributed by atoms with van der Waals surface area (Å²) < 4.78 is 0. The Morgan fingerprint density at radius 3 is 2.71 bits per heavy atom. The number of nitrogens with zero attached hydrogens (tertiary/aromatic N) is 2. The quantitative estimate of drug-likeness (QED) is 0.776. The minimum atomic E-state index is -1.15. The van der Waals surface area contributed by atoms with Crippen LogP contribution in [0.25, 0.3) is 0 Å². The standard InChI is InChI=1S/C14H20N4O3/c1-10-2-5-14(6-3-10,12(19)20)18-13(21)16-8-11-4-7-15-9-17-11/h4,7,9-10H,2-3,5-6,8H2,1H3,(H,19,20)(H2,16,18,21). The van der Waals surface area contributed by atoms with Gasteiger partial charge in [0.25, 0.3) is 0 Å². The zero-order chi connectivity index (χ0) is 15.3. The summed E-state index contributed by atoms with van der Waals surface area (Å²) in [6, 6.07) is 1.21. The first-order valence-corrected chi connectivity index (χ1v) is 7.06. The van der Waals surface area contributed by atoms with Crippen LogP contribution in [-0.2, 0) is 11.3 Å². The van der Waals surface area contributed by atoms with Gasteiger partial charge in [0, 0.05) is 6.20 Å². The molecule has 0 spiro atoms. The van der Waals surface area contributed by atoms with Gasteiger partial charge in [-0.25, -0.2) is 19.6 Å². The maximum Gasteiger partial charge on any atom is 0.329 e. The van der Waals surface area contributed by atoms with E-state index < -0.39 is 17.5 Å². The van der Waals surface area contributed by atoms with Crippen LogP contribution in [0.5, 0.6) is 0 Å². The van der Waals surface area contributed by atoms with E-state index in [-0.39, 0.29) is 6.54 Å². The van der Waals surface area contributed by atoms with E-state index in [2.05, 4.69) is 27.5 Å². The molecule has 2 amide bonds. The topological polar surface area (TPSA) is 104 Å². The summed E-state index contributed by atoms with van der Waals surface area (Å²) in [7, 11) is 0. The number of carboxylic acids is 1. The second kappa shape index (κ2) is 6.51. The maximum absolute atomic E-state index is 11.9. The summed E-state index contributed by atoms with van der Waals surface area (Å²) in [6.45, 7) is 2.33. The third kappa shape index (κ3) is 3.90. The van der Waals surface area contributed by atoms with Crippen LogP contribution >= 0.6 is 0 Å². The van der Waals surface area contributed by atoms with Gasteiger partial charge in [-0.3, -0.25) is 0 Å². The molecule has 1 aliphatic carbocycles. The number of carboxylic acid groups (broad SMARTS) is 1. The van der Waals surface area contributed by atoms with E-state index in [0.717, 1.165) is 12.8 Å². The van der Waals surface area contributed by atoms with Gasteiger partial charge < -0.3 is 15.7 Å². The molecule has 114 valence electrons. The molecule has 1 aliphatic rings. The highest BCUT2D eigenvalue weighted by molar-refractivity contribution is 5.86. The SMILES string of the molecule is CC1CCC(NC(=O)NCc2ccncn2)(C(=O)O)CC1. The summed E-state index contributed by atoms with van der Waals surface area (Å²) in [6.07, 6.45) is 5.52. The lowest BCUT2D eigenvalue weighted by atomic mass is 9.77. The molecule has 0 aromatic carbocycles. The Morgan fingerprint density at radius 1 is 1.43 bits per heavy atom. The molecule has 0 bridgehead atoms. The fraction of sp³-hybridized carbons (Fsp3) is 0.571. The van der Waals surface area contributed by atoms with Crippen molar-refractivity contribution in [2.24, 2.45) is 5.92 Å². The lowest BCUT2D eigenvalue weighted by molar-refractivity contribution is -0.146. The highest BCUT2D eigenvalue weighted by atomic mass is 16.4. The minimum absolute atomic E-state index is 0.237. The van der Waals surface area contributed by atoms with Crippen molar-refractivity contribution in [3.63, 3.8) is 0 Å². The van der Waals surface area contributed by atoms with Crippen LogP contribution in [0.2, 0.25) is 0 Å². The fourth-order valence-corrected chi connectivity index (χ4v) is 2.50. The largest absolute Gasteiger partial charge is 0.480 e. The molecule has 2 rings (SSSR count). The monoisotopic (exact) mass is 292 g/mol. The zero-order valence-corrected chi connectivity index (χ0v) is 12.0. The van der Waals surface area contributed by atoms with Gasteiger partial charge in [0.2, 0.25) is 0 Å². The van der Waals surface area contributed by atoms with Gasteiger partial charge in [0.05, 0.1) is 12.2 Å². The molecule has 0 saturated heterocycles. The van der Waals surface area contributed by atoms with Crippen LogP contribution in [0.1, 0.15) is 38.3 Å². The molecule has 7 heteroatoms. The molecular formula is C14H20N4O3. The molecule has 1 heterocycles. The Labute approximate surface area is 123 Å². The fourth-order valence-electron chi connectivity index (χ4n) is 2.50. The van der Waals surface area contributed by atoms with Crippen molar-refractivity contribution in [2.45, 2.75) is 44.7 Å². The Bertz CT molecular complexity index is 498. The molecule has 0 unspecified atom stereocenters. The molecule has 1 fully saturated rings. The van der Waals surface area contributed by atoms with E-state index in [1.165, 1.54) is 6.33 Å². The van der Waals surface area contributed by atoms with Gasteiger partial charge in [-0.2, -0.15) is 0 Å². The Kier molecular flexibility index (Phi) is 4.72. The summed E-state index contributed by atoms with van der Waals surface area (Å²) >= 11 is 0.